The van der Waals surface area contributed by atoms with Gasteiger partial charge in [-0.2, -0.15) is 0 Å². The molecule has 3 atom stereocenters. The number of aliphatic hydroxyl groups excluding tert-OH is 1. The van der Waals surface area contributed by atoms with Gasteiger partial charge in [0, 0.05) is 6.42 Å². The number of likely N-dealkylation sites (N-methyl/N-ethyl adjacent to an activating group) is 1. The minimum atomic E-state index is -4.59. The number of carbonyl (C=O) groups excluding carboxylic acids is 1. The summed E-state index contributed by atoms with van der Waals surface area (Å²) in [6, 6.07) is -0.889. The molecule has 9 heteroatoms. The van der Waals surface area contributed by atoms with E-state index < -0.39 is 20.0 Å². The van der Waals surface area contributed by atoms with Crippen LogP contribution in [0.25, 0.3) is 0 Å². The number of phosphoric acid groups is 1. The average Bonchev–Trinajstić information content (AvgIpc) is 3.16. The van der Waals surface area contributed by atoms with Crippen LogP contribution in [-0.2, 0) is 18.4 Å². The molecule has 0 aromatic carbocycles. The van der Waals surface area contributed by atoms with Gasteiger partial charge in [-0.25, -0.2) is 0 Å². The first-order valence-corrected chi connectivity index (χ1v) is 25.3. The molecule has 0 rings (SSSR count). The van der Waals surface area contributed by atoms with Gasteiger partial charge in [-0.05, 0) is 51.4 Å². The fourth-order valence-electron chi connectivity index (χ4n) is 6.77. The Kier molecular flexibility index (Phi) is 39.2. The molecule has 0 aromatic rings. The lowest BCUT2D eigenvalue weighted by Crippen LogP contribution is -2.45. The summed E-state index contributed by atoms with van der Waals surface area (Å²) in [7, 11) is 1.26. The predicted octanol–water partition coefficient (Wildman–Crippen LogP) is 12.8. The highest BCUT2D eigenvalue weighted by atomic mass is 31.2. The number of quaternary nitrogens is 1. The normalized spacial score (nSPS) is 14.6. The fourth-order valence-corrected chi connectivity index (χ4v) is 7.49. The third-order valence-corrected chi connectivity index (χ3v) is 11.6. The highest BCUT2D eigenvalue weighted by molar-refractivity contribution is 7.45. The van der Waals surface area contributed by atoms with Gasteiger partial charge in [-0.1, -0.05) is 192 Å². The second-order valence-electron chi connectivity index (χ2n) is 17.5. The summed E-state index contributed by atoms with van der Waals surface area (Å²) >= 11 is 0. The molecule has 0 aliphatic carbocycles. The van der Waals surface area contributed by atoms with Gasteiger partial charge >= 0.3 is 0 Å². The monoisotopic (exact) mass is 825 g/mol. The Morgan fingerprint density at radius 3 is 1.47 bits per heavy atom. The van der Waals surface area contributed by atoms with Crippen molar-refractivity contribution in [2.45, 2.75) is 225 Å². The largest absolute Gasteiger partial charge is 0.756 e. The molecule has 1 amide bonds. The van der Waals surface area contributed by atoms with Crippen LogP contribution >= 0.6 is 7.82 Å². The zero-order valence-corrected chi connectivity index (χ0v) is 38.9. The molecule has 0 heterocycles. The van der Waals surface area contributed by atoms with Gasteiger partial charge in [0.15, 0.2) is 0 Å². The van der Waals surface area contributed by atoms with Crippen LogP contribution in [0.4, 0.5) is 0 Å². The molecule has 0 radical (unpaired) electrons. The number of hydrogen-bond donors (Lipinski definition) is 2. The molecule has 0 saturated heterocycles. The summed E-state index contributed by atoms with van der Waals surface area (Å²) in [4.78, 5) is 25.3. The zero-order chi connectivity index (χ0) is 42.1. The van der Waals surface area contributed by atoms with E-state index in [4.69, 9.17) is 9.05 Å². The van der Waals surface area contributed by atoms with Gasteiger partial charge in [0.1, 0.15) is 13.2 Å². The van der Waals surface area contributed by atoms with E-state index in [2.05, 4.69) is 43.5 Å². The van der Waals surface area contributed by atoms with Crippen LogP contribution in [0.3, 0.4) is 0 Å². The van der Waals surface area contributed by atoms with Crippen LogP contribution in [0.5, 0.6) is 0 Å². The molecule has 0 spiro atoms. The van der Waals surface area contributed by atoms with Crippen molar-refractivity contribution in [3.05, 3.63) is 36.5 Å². The molecule has 57 heavy (non-hydrogen) atoms. The van der Waals surface area contributed by atoms with E-state index in [1.165, 1.54) is 135 Å². The van der Waals surface area contributed by atoms with Gasteiger partial charge < -0.3 is 28.8 Å². The van der Waals surface area contributed by atoms with Crippen LogP contribution in [0, 0.1) is 0 Å². The lowest BCUT2D eigenvalue weighted by molar-refractivity contribution is -0.870. The fraction of sp³-hybridized carbons (Fsp3) is 0.854. The Balaban J connectivity index is 4.39. The van der Waals surface area contributed by atoms with Crippen molar-refractivity contribution < 1.29 is 32.9 Å². The lowest BCUT2D eigenvalue weighted by atomic mass is 10.0. The van der Waals surface area contributed by atoms with E-state index in [1.807, 2.05) is 27.2 Å². The molecular weight excluding hydrogens is 732 g/mol. The van der Waals surface area contributed by atoms with Crippen molar-refractivity contribution in [2.75, 3.05) is 40.9 Å². The smallest absolute Gasteiger partial charge is 0.268 e. The number of unbranched alkanes of at least 4 members (excludes halogenated alkanes) is 26. The molecule has 0 bridgehead atoms. The Bertz CT molecular complexity index is 1030. The maximum atomic E-state index is 12.9. The molecule has 0 fully saturated rings. The molecule has 2 N–H and O–H groups in total. The summed E-state index contributed by atoms with van der Waals surface area (Å²) in [5.74, 6) is -0.205. The third kappa shape index (κ3) is 42.6. The topological polar surface area (TPSA) is 108 Å². The Hall–Kier alpha value is -1.28. The summed E-state index contributed by atoms with van der Waals surface area (Å²) in [6.07, 6.45) is 49.0. The summed E-state index contributed by atoms with van der Waals surface area (Å²) in [5.41, 5.74) is 0. The van der Waals surface area contributed by atoms with E-state index in [-0.39, 0.29) is 19.1 Å². The Morgan fingerprint density at radius 2 is 1.02 bits per heavy atom. The van der Waals surface area contributed by atoms with E-state index in [0.717, 1.165) is 57.8 Å². The van der Waals surface area contributed by atoms with E-state index in [1.54, 1.807) is 6.08 Å². The summed E-state index contributed by atoms with van der Waals surface area (Å²) in [6.45, 7) is 4.63. The standard InChI is InChI=1S/C48H93N2O6P/c1-6-8-10-12-14-16-18-20-22-24-26-28-30-32-34-36-38-40-42-48(52)49-46(45-56-57(53,54)55-44-43-50(3,4)5)47(51)41-39-37-35-33-31-29-27-25-23-21-19-17-15-13-11-9-7-2/h16,18,22,24,39,41,46-47,51H,6-15,17,19-21,23,25-38,40,42-45H2,1-5H3,(H-,49,52,53,54)/b18-16-,24-22-,41-39+. The third-order valence-electron chi connectivity index (χ3n) is 10.6. The van der Waals surface area contributed by atoms with E-state index >= 15 is 0 Å². The number of allylic oxidation sites excluding steroid dienone is 5. The number of phosphoric ester groups is 1. The van der Waals surface area contributed by atoms with E-state index in [0.29, 0.717) is 17.4 Å². The molecule has 0 aromatic heterocycles. The van der Waals surface area contributed by atoms with Crippen LogP contribution in [0.1, 0.15) is 213 Å². The van der Waals surface area contributed by atoms with Crippen molar-refractivity contribution in [1.82, 2.24) is 5.32 Å². The molecule has 8 nitrogen and oxygen atoms in total. The number of nitrogens with zero attached hydrogens (tertiary/aromatic N) is 1. The van der Waals surface area contributed by atoms with Gasteiger partial charge in [-0.15, -0.1) is 0 Å². The molecule has 0 aliphatic heterocycles. The number of rotatable bonds is 43. The van der Waals surface area contributed by atoms with Crippen molar-refractivity contribution in [1.29, 1.82) is 0 Å². The molecular formula is C48H93N2O6P. The molecule has 336 valence electrons. The summed E-state index contributed by atoms with van der Waals surface area (Å²) < 4.78 is 23.2. The predicted molar refractivity (Wildman–Crippen MR) is 242 cm³/mol. The van der Waals surface area contributed by atoms with Crippen LogP contribution in [0.2, 0.25) is 0 Å². The maximum Gasteiger partial charge on any atom is 0.268 e. The van der Waals surface area contributed by atoms with Crippen LogP contribution < -0.4 is 10.2 Å². The van der Waals surface area contributed by atoms with Gasteiger partial charge in [0.2, 0.25) is 5.91 Å². The van der Waals surface area contributed by atoms with Gasteiger partial charge in [-0.3, -0.25) is 9.36 Å². The number of carbonyl (C=O) groups is 1. The highest BCUT2D eigenvalue weighted by Gasteiger charge is 2.23. The van der Waals surface area contributed by atoms with Gasteiger partial charge in [0.25, 0.3) is 7.82 Å². The van der Waals surface area contributed by atoms with Crippen molar-refractivity contribution in [2.24, 2.45) is 0 Å². The average molecular weight is 825 g/mol. The first-order chi connectivity index (χ1) is 27.5. The number of nitrogens with one attached hydrogen (secondary N) is 1. The lowest BCUT2D eigenvalue weighted by Gasteiger charge is -2.29. The first kappa shape index (κ1) is 55.7. The second kappa shape index (κ2) is 40.1. The Morgan fingerprint density at radius 1 is 0.614 bits per heavy atom. The Labute approximate surface area is 353 Å². The van der Waals surface area contributed by atoms with Crippen molar-refractivity contribution in [3.8, 4) is 0 Å². The second-order valence-corrected chi connectivity index (χ2v) is 18.9. The van der Waals surface area contributed by atoms with Gasteiger partial charge in [0.05, 0.1) is 39.9 Å². The molecule has 3 unspecified atom stereocenters. The van der Waals surface area contributed by atoms with E-state index in [9.17, 15) is 19.4 Å². The summed E-state index contributed by atoms with van der Waals surface area (Å²) in [5, 5.41) is 13.8. The molecule has 0 aliphatic rings. The first-order valence-electron chi connectivity index (χ1n) is 23.9. The number of aliphatic hydroxyl groups is 1. The zero-order valence-electron chi connectivity index (χ0n) is 38.0. The van der Waals surface area contributed by atoms with Crippen LogP contribution in [-0.4, -0.2) is 68.5 Å². The maximum absolute atomic E-state index is 12.9. The molecule has 0 saturated carbocycles. The number of amides is 1. The minimum absolute atomic E-state index is 0.00274. The quantitative estimate of drug-likeness (QED) is 0.0274. The van der Waals surface area contributed by atoms with Crippen molar-refractivity contribution in [3.63, 3.8) is 0 Å². The number of hydrogen-bond acceptors (Lipinski definition) is 6. The highest BCUT2D eigenvalue weighted by Crippen LogP contribution is 2.38. The SMILES string of the molecule is CCCCCC/C=C\C/C=C\CCCCCCCCCC(=O)NC(COP(=O)([O-])OCC[N+](C)(C)C)C(O)/C=C/CCCCCCCCCCCCCCCCC. The minimum Gasteiger partial charge on any atom is -0.756 e. The van der Waals surface area contributed by atoms with Crippen LogP contribution in [0.15, 0.2) is 36.5 Å². The van der Waals surface area contributed by atoms with Crippen molar-refractivity contribution >= 4 is 13.7 Å².